The van der Waals surface area contributed by atoms with E-state index in [1.54, 1.807) is 22.9 Å². The molecular formula is C37H49N7O8S. The molecular weight excluding hydrogens is 703 g/mol. The Kier molecular flexibility index (Phi) is 10.6. The van der Waals surface area contributed by atoms with Gasteiger partial charge in [-0.3, -0.25) is 9.36 Å². The molecule has 2 aromatic carbocycles. The number of hydrogen-bond donors (Lipinski definition) is 2. The number of nitrogens with zero attached hydrogens (tertiary/aromatic N) is 5. The summed E-state index contributed by atoms with van der Waals surface area (Å²) in [6, 6.07) is 11.3. The molecule has 3 aromatic rings. The van der Waals surface area contributed by atoms with Gasteiger partial charge >= 0.3 is 17.9 Å². The Bertz CT molecular complexity index is 2020. The molecule has 53 heavy (non-hydrogen) atoms. The van der Waals surface area contributed by atoms with Gasteiger partial charge in [-0.25, -0.2) is 19.5 Å². The van der Waals surface area contributed by atoms with Crippen molar-refractivity contribution in [1.29, 1.82) is 0 Å². The standard InChI is InChI=1S/C37H49N7O8S/c1-24-21-25(22-31-33(24)40(2)36(47)51-31)23-32(34(45)41-14-7-26(8-15-41)27-9-18-43(19-10-27)53(38,49)50)52-37(48)42-16-12-29(13-17-42)44-20-11-28-5-3-4-6-30(28)39-35(44)46/h3-6,21-22,26-27,29,32H,7-20,23H2,1-2H3,(H,39,46)(H2,38,49,50)/t32-/m1/s1. The molecule has 0 saturated carbocycles. The van der Waals surface area contributed by atoms with Crippen molar-refractivity contribution in [3.05, 3.63) is 63.6 Å². The summed E-state index contributed by atoms with van der Waals surface area (Å²) >= 11 is 0. The molecule has 3 N–H and O–H groups in total. The molecule has 4 aliphatic heterocycles. The van der Waals surface area contributed by atoms with E-state index in [9.17, 15) is 27.6 Å². The first-order chi connectivity index (χ1) is 25.4. The number of para-hydroxylation sites is 1. The average molecular weight is 752 g/mol. The normalized spacial score (nSPS) is 20.6. The van der Waals surface area contributed by atoms with E-state index in [2.05, 4.69) is 5.32 Å². The highest BCUT2D eigenvalue weighted by Gasteiger charge is 2.38. The molecule has 5 heterocycles. The fraction of sp³-hybridized carbons (Fsp3) is 0.568. The van der Waals surface area contributed by atoms with Gasteiger partial charge in [-0.1, -0.05) is 24.3 Å². The Morgan fingerprint density at radius 1 is 0.925 bits per heavy atom. The Hall–Kier alpha value is -4.41. The molecule has 0 bridgehead atoms. The number of ether oxygens (including phenoxy) is 1. The largest absolute Gasteiger partial charge is 0.436 e. The number of aryl methyl sites for hydroxylation is 2. The number of likely N-dealkylation sites (tertiary alicyclic amines) is 2. The minimum Gasteiger partial charge on any atom is -0.436 e. The maximum Gasteiger partial charge on any atom is 0.419 e. The summed E-state index contributed by atoms with van der Waals surface area (Å²) < 4.78 is 37.9. The molecule has 3 saturated heterocycles. The van der Waals surface area contributed by atoms with Crippen molar-refractivity contribution in [1.82, 2.24) is 23.6 Å². The zero-order chi connectivity index (χ0) is 37.4. The lowest BCUT2D eigenvalue weighted by Gasteiger charge is -2.40. The highest BCUT2D eigenvalue weighted by atomic mass is 32.2. The first-order valence-corrected chi connectivity index (χ1v) is 20.1. The summed E-state index contributed by atoms with van der Waals surface area (Å²) in [4.78, 5) is 58.6. The first-order valence-electron chi connectivity index (χ1n) is 18.6. The zero-order valence-corrected chi connectivity index (χ0v) is 31.2. The Morgan fingerprint density at radius 2 is 1.57 bits per heavy atom. The third-order valence-electron chi connectivity index (χ3n) is 11.8. The second kappa shape index (κ2) is 15.1. The number of piperidine rings is 3. The predicted molar refractivity (Wildman–Crippen MR) is 197 cm³/mol. The van der Waals surface area contributed by atoms with Crippen LogP contribution in [-0.4, -0.2) is 108 Å². The van der Waals surface area contributed by atoms with E-state index in [1.807, 2.05) is 42.2 Å². The monoisotopic (exact) mass is 751 g/mol. The number of hydrogen-bond acceptors (Lipinski definition) is 8. The van der Waals surface area contributed by atoms with E-state index in [-0.39, 0.29) is 24.4 Å². The van der Waals surface area contributed by atoms with Gasteiger partial charge in [-0.05, 0) is 92.5 Å². The van der Waals surface area contributed by atoms with Crippen molar-refractivity contribution < 1.29 is 32.0 Å². The number of nitrogens with two attached hydrogens (primary N) is 1. The Labute approximate surface area is 309 Å². The lowest BCUT2D eigenvalue weighted by atomic mass is 9.79. The van der Waals surface area contributed by atoms with Crippen molar-refractivity contribution in [2.24, 2.45) is 24.0 Å². The number of anilines is 1. The predicted octanol–water partition coefficient (Wildman–Crippen LogP) is 3.20. The molecule has 0 aliphatic carbocycles. The summed E-state index contributed by atoms with van der Waals surface area (Å²) in [6.45, 7) is 5.05. The van der Waals surface area contributed by atoms with E-state index in [1.165, 1.54) is 8.87 Å². The van der Waals surface area contributed by atoms with Crippen LogP contribution in [0.5, 0.6) is 0 Å². The van der Waals surface area contributed by atoms with Crippen LogP contribution in [0.3, 0.4) is 0 Å². The van der Waals surface area contributed by atoms with Gasteiger partial charge in [0.05, 0.1) is 5.52 Å². The minimum absolute atomic E-state index is 0.0331. The molecule has 1 aromatic heterocycles. The van der Waals surface area contributed by atoms with Gasteiger partial charge in [0.2, 0.25) is 0 Å². The molecule has 0 unspecified atom stereocenters. The van der Waals surface area contributed by atoms with Gasteiger partial charge in [0.25, 0.3) is 16.1 Å². The fourth-order valence-corrected chi connectivity index (χ4v) is 9.50. The van der Waals surface area contributed by atoms with Gasteiger partial charge in [0.1, 0.15) is 0 Å². The van der Waals surface area contributed by atoms with Crippen LogP contribution in [0, 0.1) is 18.8 Å². The number of nitrogens with one attached hydrogen (secondary N) is 1. The summed E-state index contributed by atoms with van der Waals surface area (Å²) in [7, 11) is -2.05. The van der Waals surface area contributed by atoms with Crippen LogP contribution in [0.1, 0.15) is 55.2 Å². The minimum atomic E-state index is -3.70. The van der Waals surface area contributed by atoms with Crippen LogP contribution in [0.25, 0.3) is 11.1 Å². The molecule has 286 valence electrons. The summed E-state index contributed by atoms with van der Waals surface area (Å²) in [5.74, 6) is -0.0462. The first kappa shape index (κ1) is 36.9. The van der Waals surface area contributed by atoms with Crippen molar-refractivity contribution in [2.45, 2.75) is 70.4 Å². The van der Waals surface area contributed by atoms with Crippen molar-refractivity contribution in [3.63, 3.8) is 0 Å². The fourth-order valence-electron chi connectivity index (χ4n) is 8.78. The average Bonchev–Trinajstić information content (AvgIpc) is 3.32. The maximum absolute atomic E-state index is 14.2. The van der Waals surface area contributed by atoms with Gasteiger partial charge in [0, 0.05) is 71.0 Å². The Morgan fingerprint density at radius 3 is 2.25 bits per heavy atom. The third kappa shape index (κ3) is 7.94. The number of aromatic nitrogens is 1. The topological polar surface area (TPSA) is 181 Å². The lowest BCUT2D eigenvalue weighted by Crippen LogP contribution is -2.52. The second-order valence-electron chi connectivity index (χ2n) is 15.0. The molecule has 16 heteroatoms. The van der Waals surface area contributed by atoms with Crippen LogP contribution in [0.15, 0.2) is 45.6 Å². The zero-order valence-electron chi connectivity index (χ0n) is 30.4. The van der Waals surface area contributed by atoms with Crippen molar-refractivity contribution >= 4 is 45.0 Å². The quantitative estimate of drug-likeness (QED) is 0.369. The van der Waals surface area contributed by atoms with Crippen LogP contribution in [0.4, 0.5) is 15.3 Å². The number of amides is 4. The van der Waals surface area contributed by atoms with Gasteiger partial charge in [-0.15, -0.1) is 0 Å². The number of carbonyl (C=O) groups is 3. The molecule has 4 amide bonds. The van der Waals surface area contributed by atoms with Crippen LogP contribution in [0.2, 0.25) is 0 Å². The Balaban J connectivity index is 1.01. The SMILES string of the molecule is Cc1cc(C[C@@H](OC(=O)N2CCC(N3CCc4ccccc4NC3=O)CC2)C(=O)N2CCC(C3CCN(S(N)(=O)=O)CC3)CC2)cc2oc(=O)n(C)c12. The number of fused-ring (bicyclic) bond motifs is 2. The van der Waals surface area contributed by atoms with Crippen molar-refractivity contribution in [3.8, 4) is 0 Å². The molecule has 1 atom stereocenters. The van der Waals surface area contributed by atoms with E-state index >= 15 is 0 Å². The highest BCUT2D eigenvalue weighted by molar-refractivity contribution is 7.86. The van der Waals surface area contributed by atoms with E-state index < -0.39 is 28.2 Å². The number of benzene rings is 2. The summed E-state index contributed by atoms with van der Waals surface area (Å²) in [5.41, 5.74) is 4.51. The molecule has 3 fully saturated rings. The number of oxazole rings is 1. The van der Waals surface area contributed by atoms with Gasteiger partial charge in [0.15, 0.2) is 11.7 Å². The number of urea groups is 1. The molecule has 7 rings (SSSR count). The van der Waals surface area contributed by atoms with Gasteiger partial charge < -0.3 is 29.2 Å². The summed E-state index contributed by atoms with van der Waals surface area (Å²) in [5, 5.41) is 8.36. The van der Waals surface area contributed by atoms with Crippen LogP contribution >= 0.6 is 0 Å². The summed E-state index contributed by atoms with van der Waals surface area (Å²) in [6.07, 6.45) is 3.37. The smallest absolute Gasteiger partial charge is 0.419 e. The molecule has 15 nitrogen and oxygen atoms in total. The van der Waals surface area contributed by atoms with Crippen LogP contribution < -0.4 is 16.2 Å². The lowest BCUT2D eigenvalue weighted by molar-refractivity contribution is -0.142. The molecule has 0 spiro atoms. The van der Waals surface area contributed by atoms with E-state index in [4.69, 9.17) is 14.3 Å². The second-order valence-corrected chi connectivity index (χ2v) is 16.5. The van der Waals surface area contributed by atoms with Crippen molar-refractivity contribution in [2.75, 3.05) is 51.1 Å². The highest BCUT2D eigenvalue weighted by Crippen LogP contribution is 2.34. The van der Waals surface area contributed by atoms with E-state index in [0.717, 1.165) is 48.9 Å². The molecule has 4 aliphatic rings. The van der Waals surface area contributed by atoms with Gasteiger partial charge in [-0.2, -0.15) is 12.7 Å². The number of rotatable bonds is 7. The molecule has 0 radical (unpaired) electrons. The van der Waals surface area contributed by atoms with E-state index in [0.29, 0.717) is 87.2 Å². The third-order valence-corrected chi connectivity index (χ3v) is 12.8. The van der Waals surface area contributed by atoms with Crippen LogP contribution in [-0.2, 0) is 39.6 Å². The maximum atomic E-state index is 14.2. The number of carbonyl (C=O) groups excluding carboxylic acids is 3.